The fourth-order valence-corrected chi connectivity index (χ4v) is 2.34. The summed E-state index contributed by atoms with van der Waals surface area (Å²) in [5.41, 5.74) is 2.13. The van der Waals surface area contributed by atoms with Gasteiger partial charge in [0.1, 0.15) is 5.01 Å². The molecule has 0 aliphatic carbocycles. The van der Waals surface area contributed by atoms with Crippen molar-refractivity contribution in [2.24, 2.45) is 0 Å². The predicted octanol–water partition coefficient (Wildman–Crippen LogP) is 3.16. The molecule has 0 spiro atoms. The maximum atomic E-state index is 11.2. The molecule has 0 unspecified atom stereocenters. The molecule has 0 saturated heterocycles. The van der Waals surface area contributed by atoms with E-state index in [1.807, 2.05) is 24.3 Å². The first kappa shape index (κ1) is 12.0. The number of rotatable bonds is 4. The summed E-state index contributed by atoms with van der Waals surface area (Å²) in [4.78, 5) is 16.2. The van der Waals surface area contributed by atoms with Gasteiger partial charge in [0.25, 0.3) is 0 Å². The van der Waals surface area contributed by atoms with Crippen LogP contribution < -0.4 is 0 Å². The van der Waals surface area contributed by atoms with Gasteiger partial charge in [-0.05, 0) is 11.6 Å². The van der Waals surface area contributed by atoms with Crippen LogP contribution in [0.4, 0.5) is 0 Å². The van der Waals surface area contributed by atoms with Gasteiger partial charge in [0.05, 0.1) is 11.5 Å². The summed E-state index contributed by atoms with van der Waals surface area (Å²) in [5.74, 6) is 0.0572. The van der Waals surface area contributed by atoms with Crippen molar-refractivity contribution in [3.8, 4) is 10.6 Å². The average Bonchev–Trinajstić information content (AvgIpc) is 2.79. The predicted molar refractivity (Wildman–Crippen MR) is 68.3 cm³/mol. The lowest BCUT2D eigenvalue weighted by atomic mass is 10.1. The van der Waals surface area contributed by atoms with Crippen LogP contribution in [0.15, 0.2) is 30.5 Å². The monoisotopic (exact) mass is 247 g/mol. The number of aromatic nitrogens is 1. The topological polar surface area (TPSA) is 39.2 Å². The van der Waals surface area contributed by atoms with E-state index in [1.165, 1.54) is 11.3 Å². The molecular weight excluding hydrogens is 234 g/mol. The molecule has 1 aromatic heterocycles. The van der Waals surface area contributed by atoms with Crippen molar-refractivity contribution in [3.63, 3.8) is 0 Å². The third-order valence-corrected chi connectivity index (χ3v) is 3.48. The van der Waals surface area contributed by atoms with E-state index in [4.69, 9.17) is 4.74 Å². The number of ether oxygens (including phenoxy) is 1. The largest absolute Gasteiger partial charge is 0.380 e. The van der Waals surface area contributed by atoms with Gasteiger partial charge in [-0.25, -0.2) is 4.98 Å². The third-order valence-electron chi connectivity index (χ3n) is 2.34. The van der Waals surface area contributed by atoms with Crippen molar-refractivity contribution in [2.45, 2.75) is 13.5 Å². The highest BCUT2D eigenvalue weighted by atomic mass is 32.1. The van der Waals surface area contributed by atoms with E-state index in [2.05, 4.69) is 4.98 Å². The highest BCUT2D eigenvalue weighted by Gasteiger charge is 2.08. The fourth-order valence-electron chi connectivity index (χ4n) is 1.53. The summed E-state index contributed by atoms with van der Waals surface area (Å²) in [7, 11) is 1.67. The van der Waals surface area contributed by atoms with Gasteiger partial charge in [0, 0.05) is 25.8 Å². The Hall–Kier alpha value is -1.52. The van der Waals surface area contributed by atoms with E-state index >= 15 is 0 Å². The normalized spacial score (nSPS) is 10.5. The number of hydrogen-bond donors (Lipinski definition) is 0. The molecule has 2 rings (SSSR count). The molecule has 1 heterocycles. The summed E-state index contributed by atoms with van der Waals surface area (Å²) in [6.45, 7) is 2.14. The van der Waals surface area contributed by atoms with E-state index in [0.29, 0.717) is 11.5 Å². The molecule has 0 fully saturated rings. The molecule has 2 aromatic rings. The molecular formula is C13H13NO2S. The first-order valence-electron chi connectivity index (χ1n) is 5.25. The van der Waals surface area contributed by atoms with Gasteiger partial charge in [0.15, 0.2) is 5.78 Å². The zero-order valence-electron chi connectivity index (χ0n) is 9.77. The van der Waals surface area contributed by atoms with Gasteiger partial charge in [-0.2, -0.15) is 0 Å². The van der Waals surface area contributed by atoms with Gasteiger partial charge in [-0.3, -0.25) is 4.79 Å². The second-order valence-electron chi connectivity index (χ2n) is 3.72. The van der Waals surface area contributed by atoms with Crippen LogP contribution in [0.25, 0.3) is 10.6 Å². The zero-order valence-corrected chi connectivity index (χ0v) is 10.6. The van der Waals surface area contributed by atoms with Crippen LogP contribution in [0.2, 0.25) is 0 Å². The lowest BCUT2D eigenvalue weighted by Crippen LogP contribution is -1.87. The van der Waals surface area contributed by atoms with Crippen molar-refractivity contribution in [3.05, 3.63) is 40.9 Å². The van der Waals surface area contributed by atoms with Gasteiger partial charge in [-0.1, -0.05) is 18.2 Å². The Morgan fingerprint density at radius 3 is 2.94 bits per heavy atom. The Kier molecular flexibility index (Phi) is 3.66. The quantitative estimate of drug-likeness (QED) is 0.779. The van der Waals surface area contributed by atoms with Crippen LogP contribution >= 0.6 is 11.3 Å². The fraction of sp³-hybridized carbons (Fsp3) is 0.231. The van der Waals surface area contributed by atoms with Crippen molar-refractivity contribution in [1.29, 1.82) is 0 Å². The summed E-state index contributed by atoms with van der Waals surface area (Å²) < 4.78 is 5.09. The Morgan fingerprint density at radius 2 is 2.29 bits per heavy atom. The molecule has 0 radical (unpaired) electrons. The molecule has 0 N–H and O–H groups in total. The van der Waals surface area contributed by atoms with Crippen LogP contribution in [-0.2, 0) is 11.3 Å². The highest BCUT2D eigenvalue weighted by molar-refractivity contribution is 7.16. The van der Waals surface area contributed by atoms with Crippen molar-refractivity contribution in [1.82, 2.24) is 4.98 Å². The first-order valence-corrected chi connectivity index (χ1v) is 6.07. The first-order chi connectivity index (χ1) is 8.20. The maximum Gasteiger partial charge on any atom is 0.171 e. The summed E-state index contributed by atoms with van der Waals surface area (Å²) in [6, 6.07) is 8.00. The average molecular weight is 247 g/mol. The molecule has 17 heavy (non-hydrogen) atoms. The lowest BCUT2D eigenvalue weighted by molar-refractivity contribution is 0.102. The number of nitrogens with zero attached hydrogens (tertiary/aromatic N) is 1. The van der Waals surface area contributed by atoms with Crippen LogP contribution in [-0.4, -0.2) is 17.9 Å². The number of ketones is 1. The minimum absolute atomic E-state index is 0.0572. The number of carbonyl (C=O) groups is 1. The minimum Gasteiger partial charge on any atom is -0.380 e. The second-order valence-corrected chi connectivity index (χ2v) is 4.75. The van der Waals surface area contributed by atoms with E-state index in [-0.39, 0.29) is 5.78 Å². The van der Waals surface area contributed by atoms with Crippen molar-refractivity contribution in [2.75, 3.05) is 7.11 Å². The minimum atomic E-state index is 0.0572. The van der Waals surface area contributed by atoms with Crippen LogP contribution in [0, 0.1) is 0 Å². The number of Topliss-reactive ketones (excluding diaryl/α,β-unsaturated/α-hetero) is 1. The molecule has 88 valence electrons. The summed E-state index contributed by atoms with van der Waals surface area (Å²) in [6.07, 6.45) is 1.63. The van der Waals surface area contributed by atoms with Gasteiger partial charge >= 0.3 is 0 Å². The van der Waals surface area contributed by atoms with E-state index < -0.39 is 0 Å². The van der Waals surface area contributed by atoms with Crippen molar-refractivity contribution >= 4 is 17.1 Å². The van der Waals surface area contributed by atoms with Crippen LogP contribution in [0.1, 0.15) is 22.2 Å². The molecule has 0 aliphatic rings. The molecule has 0 atom stereocenters. The van der Waals surface area contributed by atoms with E-state index in [0.717, 1.165) is 16.1 Å². The molecule has 0 amide bonds. The molecule has 0 bridgehead atoms. The Morgan fingerprint density at radius 1 is 1.47 bits per heavy atom. The zero-order chi connectivity index (χ0) is 12.3. The second kappa shape index (κ2) is 5.21. The molecule has 1 aromatic carbocycles. The van der Waals surface area contributed by atoms with Gasteiger partial charge in [-0.15, -0.1) is 11.3 Å². The lowest BCUT2D eigenvalue weighted by Gasteiger charge is -2.01. The molecule has 0 aliphatic heterocycles. The van der Waals surface area contributed by atoms with Crippen LogP contribution in [0.5, 0.6) is 0 Å². The molecule has 3 nitrogen and oxygen atoms in total. The van der Waals surface area contributed by atoms with Gasteiger partial charge < -0.3 is 4.74 Å². The Bertz CT molecular complexity index is 534. The Labute approximate surface area is 104 Å². The third kappa shape index (κ3) is 2.78. The number of hydrogen-bond acceptors (Lipinski definition) is 4. The summed E-state index contributed by atoms with van der Waals surface area (Å²) >= 11 is 1.42. The number of benzene rings is 1. The van der Waals surface area contributed by atoms with Crippen LogP contribution in [0.3, 0.4) is 0 Å². The standard InChI is InChI=1S/C13H13NO2S/c1-9(15)12-7-14-13(17-12)11-5-3-4-10(6-11)8-16-2/h3-7H,8H2,1-2H3. The van der Waals surface area contributed by atoms with E-state index in [9.17, 15) is 4.79 Å². The summed E-state index contributed by atoms with van der Waals surface area (Å²) in [5, 5.41) is 0.869. The molecule has 0 saturated carbocycles. The number of thiazole rings is 1. The SMILES string of the molecule is COCc1cccc(-c2ncc(C(C)=O)s2)c1. The van der Waals surface area contributed by atoms with Crippen molar-refractivity contribution < 1.29 is 9.53 Å². The van der Waals surface area contributed by atoms with E-state index in [1.54, 1.807) is 20.2 Å². The smallest absolute Gasteiger partial charge is 0.171 e. The Balaban J connectivity index is 2.31. The van der Waals surface area contributed by atoms with Gasteiger partial charge in [0.2, 0.25) is 0 Å². The highest BCUT2D eigenvalue weighted by Crippen LogP contribution is 2.26. The maximum absolute atomic E-state index is 11.2. The molecule has 4 heteroatoms. The number of methoxy groups -OCH3 is 1. The number of carbonyl (C=O) groups excluding carboxylic acids is 1.